The molecule has 3 aromatic rings. The number of methoxy groups -OCH3 is 1. The first kappa shape index (κ1) is 17.6. The molecule has 0 unspecified atom stereocenters. The second kappa shape index (κ2) is 7.37. The van der Waals surface area contributed by atoms with Crippen molar-refractivity contribution in [1.29, 1.82) is 0 Å². The van der Waals surface area contributed by atoms with E-state index in [0.29, 0.717) is 16.1 Å². The maximum Gasteiger partial charge on any atom is 0.279 e. The highest BCUT2D eigenvalue weighted by atomic mass is 79.9. The van der Waals surface area contributed by atoms with E-state index in [1.807, 2.05) is 42.8 Å². The number of aryl methyl sites for hydroxylation is 1. The smallest absolute Gasteiger partial charge is 0.279 e. The Labute approximate surface area is 158 Å². The summed E-state index contributed by atoms with van der Waals surface area (Å²) in [7, 11) is 3.53. The molecule has 2 aromatic carbocycles. The third-order valence-corrected chi connectivity index (χ3v) is 5.43. The predicted molar refractivity (Wildman–Crippen MR) is 104 cm³/mol. The van der Waals surface area contributed by atoms with Crippen LogP contribution >= 0.6 is 27.3 Å². The Morgan fingerprint density at radius 3 is 2.36 bits per heavy atom. The van der Waals surface area contributed by atoms with Crippen molar-refractivity contribution in [2.45, 2.75) is 6.92 Å². The third-order valence-electron chi connectivity index (χ3n) is 3.85. The number of carbonyl (C=O) groups excluding carboxylic acids is 1. The Balaban J connectivity index is 1.99. The Kier molecular flexibility index (Phi) is 5.20. The zero-order valence-corrected chi connectivity index (χ0v) is 16.5. The number of nitrogens with zero attached hydrogens (tertiary/aromatic N) is 2. The van der Waals surface area contributed by atoms with E-state index >= 15 is 0 Å². The molecule has 25 heavy (non-hydrogen) atoms. The molecule has 1 amide bonds. The second-order valence-electron chi connectivity index (χ2n) is 5.50. The summed E-state index contributed by atoms with van der Waals surface area (Å²) in [4.78, 5) is 18.5. The fraction of sp³-hybridized carbons (Fsp3) is 0.158. The van der Waals surface area contributed by atoms with Crippen LogP contribution in [0.15, 0.2) is 58.0 Å². The van der Waals surface area contributed by atoms with Gasteiger partial charge >= 0.3 is 0 Å². The number of rotatable bonds is 3. The summed E-state index contributed by atoms with van der Waals surface area (Å²) < 4.78 is 8.11. The largest absolute Gasteiger partial charge is 0.497 e. The molecule has 1 aromatic heterocycles. The number of hydrogen-bond acceptors (Lipinski definition) is 3. The van der Waals surface area contributed by atoms with Crippen molar-refractivity contribution >= 4 is 33.2 Å². The minimum Gasteiger partial charge on any atom is -0.497 e. The predicted octanol–water partition coefficient (Wildman–Crippen LogP) is 4.57. The Hall–Kier alpha value is -2.18. The highest BCUT2D eigenvalue weighted by Gasteiger charge is 2.12. The molecule has 0 radical (unpaired) electrons. The number of benzene rings is 2. The van der Waals surface area contributed by atoms with Gasteiger partial charge in [0.2, 0.25) is 0 Å². The fourth-order valence-electron chi connectivity index (χ4n) is 2.57. The molecule has 3 rings (SSSR count). The van der Waals surface area contributed by atoms with Crippen LogP contribution in [0.5, 0.6) is 5.75 Å². The van der Waals surface area contributed by atoms with Crippen molar-refractivity contribution in [2.24, 2.45) is 12.0 Å². The topological polar surface area (TPSA) is 43.6 Å². The minimum absolute atomic E-state index is 0.262. The molecule has 128 valence electrons. The molecule has 0 spiro atoms. The van der Waals surface area contributed by atoms with Crippen molar-refractivity contribution in [3.05, 3.63) is 68.2 Å². The first-order chi connectivity index (χ1) is 12.0. The van der Waals surface area contributed by atoms with Crippen LogP contribution in [0.25, 0.3) is 11.3 Å². The molecule has 0 bridgehead atoms. The molecule has 4 nitrogen and oxygen atoms in total. The highest BCUT2D eigenvalue weighted by molar-refractivity contribution is 9.10. The van der Waals surface area contributed by atoms with E-state index in [4.69, 9.17) is 4.74 Å². The summed E-state index contributed by atoms with van der Waals surface area (Å²) >= 11 is 4.96. The lowest BCUT2D eigenvalue weighted by atomic mass is 10.1. The first-order valence-electron chi connectivity index (χ1n) is 7.65. The van der Waals surface area contributed by atoms with E-state index in [0.717, 1.165) is 20.6 Å². The van der Waals surface area contributed by atoms with E-state index in [9.17, 15) is 4.79 Å². The van der Waals surface area contributed by atoms with E-state index in [1.54, 1.807) is 31.4 Å². The Morgan fingerprint density at radius 1 is 1.12 bits per heavy atom. The molecular formula is C19H17BrN2O2S. The number of halogens is 1. The van der Waals surface area contributed by atoms with Crippen LogP contribution in [0, 0.1) is 6.92 Å². The zero-order chi connectivity index (χ0) is 18.0. The molecule has 0 saturated carbocycles. The zero-order valence-electron chi connectivity index (χ0n) is 14.1. The van der Waals surface area contributed by atoms with Crippen molar-refractivity contribution in [3.63, 3.8) is 0 Å². The van der Waals surface area contributed by atoms with E-state index in [1.165, 1.54) is 11.3 Å². The van der Waals surface area contributed by atoms with Crippen LogP contribution in [0.3, 0.4) is 0 Å². The van der Waals surface area contributed by atoms with Gasteiger partial charge in [-0.15, -0.1) is 11.3 Å². The molecular weight excluding hydrogens is 400 g/mol. The van der Waals surface area contributed by atoms with Crippen LogP contribution in [0.2, 0.25) is 0 Å². The van der Waals surface area contributed by atoms with Crippen LogP contribution in [0.4, 0.5) is 0 Å². The van der Waals surface area contributed by atoms with Gasteiger partial charge in [-0.2, -0.15) is 4.99 Å². The summed E-state index contributed by atoms with van der Waals surface area (Å²) in [6.45, 7) is 2.04. The number of aromatic nitrogens is 1. The maximum atomic E-state index is 12.4. The van der Waals surface area contributed by atoms with Gasteiger partial charge in [0, 0.05) is 22.0 Å². The van der Waals surface area contributed by atoms with Gasteiger partial charge in [0.15, 0.2) is 4.80 Å². The average molecular weight is 417 g/mol. The summed E-state index contributed by atoms with van der Waals surface area (Å²) in [6.07, 6.45) is 0. The summed E-state index contributed by atoms with van der Waals surface area (Å²) in [5.74, 6) is 0.452. The van der Waals surface area contributed by atoms with Gasteiger partial charge in [0.1, 0.15) is 5.75 Å². The molecule has 0 aliphatic heterocycles. The van der Waals surface area contributed by atoms with Crippen LogP contribution < -0.4 is 9.54 Å². The molecule has 0 atom stereocenters. The van der Waals surface area contributed by atoms with Gasteiger partial charge in [0.05, 0.1) is 12.8 Å². The van der Waals surface area contributed by atoms with E-state index in [2.05, 4.69) is 20.9 Å². The van der Waals surface area contributed by atoms with Crippen molar-refractivity contribution in [3.8, 4) is 17.0 Å². The van der Waals surface area contributed by atoms with Gasteiger partial charge in [-0.3, -0.25) is 4.79 Å². The van der Waals surface area contributed by atoms with E-state index in [-0.39, 0.29) is 5.91 Å². The molecule has 0 saturated heterocycles. The van der Waals surface area contributed by atoms with E-state index < -0.39 is 0 Å². The monoisotopic (exact) mass is 416 g/mol. The number of thiazole rings is 1. The van der Waals surface area contributed by atoms with Crippen molar-refractivity contribution < 1.29 is 9.53 Å². The Bertz CT molecular complexity index is 970. The standard InChI is InChI=1S/C19H17BrN2O2S/c1-12-17(13-4-8-15(20)9-5-13)22(2)19(25-12)21-18(23)14-6-10-16(24-3)11-7-14/h4-11H,1-3H3. The number of hydrogen-bond donors (Lipinski definition) is 0. The normalized spacial score (nSPS) is 11.6. The lowest BCUT2D eigenvalue weighted by Gasteiger charge is -2.05. The van der Waals surface area contributed by atoms with Gasteiger partial charge < -0.3 is 9.30 Å². The minimum atomic E-state index is -0.262. The lowest BCUT2D eigenvalue weighted by molar-refractivity contribution is 0.0998. The number of carbonyl (C=O) groups is 1. The Morgan fingerprint density at radius 2 is 1.76 bits per heavy atom. The number of ether oxygens (including phenoxy) is 1. The molecule has 0 N–H and O–H groups in total. The van der Waals surface area contributed by atoms with Gasteiger partial charge in [0.25, 0.3) is 5.91 Å². The average Bonchev–Trinajstić information content (AvgIpc) is 2.89. The van der Waals surface area contributed by atoms with Crippen LogP contribution in [0.1, 0.15) is 15.2 Å². The third kappa shape index (κ3) is 3.75. The van der Waals surface area contributed by atoms with Gasteiger partial charge in [-0.25, -0.2) is 0 Å². The fourth-order valence-corrected chi connectivity index (χ4v) is 3.82. The summed E-state index contributed by atoms with van der Waals surface area (Å²) in [5.41, 5.74) is 2.70. The van der Waals surface area contributed by atoms with Gasteiger partial charge in [-0.05, 0) is 48.9 Å². The molecule has 1 heterocycles. The van der Waals surface area contributed by atoms with Crippen LogP contribution in [-0.2, 0) is 7.05 Å². The molecule has 6 heteroatoms. The van der Waals surface area contributed by atoms with Crippen molar-refractivity contribution in [2.75, 3.05) is 7.11 Å². The summed E-state index contributed by atoms with van der Waals surface area (Å²) in [6, 6.07) is 15.1. The molecule has 0 aliphatic carbocycles. The SMILES string of the molecule is COc1ccc(C(=O)N=c2sc(C)c(-c3ccc(Br)cc3)n2C)cc1. The van der Waals surface area contributed by atoms with Crippen molar-refractivity contribution in [1.82, 2.24) is 4.57 Å². The lowest BCUT2D eigenvalue weighted by Crippen LogP contribution is -2.14. The van der Waals surface area contributed by atoms with Crippen LogP contribution in [-0.4, -0.2) is 17.6 Å². The number of amides is 1. The maximum absolute atomic E-state index is 12.4. The molecule has 0 fully saturated rings. The second-order valence-corrected chi connectivity index (χ2v) is 7.60. The molecule has 0 aliphatic rings. The quantitative estimate of drug-likeness (QED) is 0.627. The van der Waals surface area contributed by atoms with Gasteiger partial charge in [-0.1, -0.05) is 28.1 Å². The first-order valence-corrected chi connectivity index (χ1v) is 9.26. The highest BCUT2D eigenvalue weighted by Crippen LogP contribution is 2.26. The summed E-state index contributed by atoms with van der Waals surface area (Å²) in [5, 5.41) is 0.